The van der Waals surface area contributed by atoms with E-state index in [0.29, 0.717) is 40.5 Å². The number of carbonyl (C=O) groups excluding carboxylic acids is 3. The zero-order valence-electron chi connectivity index (χ0n) is 26.5. The predicted octanol–water partition coefficient (Wildman–Crippen LogP) is 7.59. The molecule has 0 saturated carbocycles. The second-order valence-electron chi connectivity index (χ2n) is 10.6. The van der Waals surface area contributed by atoms with Crippen molar-refractivity contribution in [1.29, 1.82) is 0 Å². The summed E-state index contributed by atoms with van der Waals surface area (Å²) < 4.78 is 16.5. The first-order valence-electron chi connectivity index (χ1n) is 15.1. The van der Waals surface area contributed by atoms with Gasteiger partial charge in [0.2, 0.25) is 0 Å². The fraction of sp³-hybridized carbons (Fsp3) is 0.0750. The van der Waals surface area contributed by atoms with Crippen LogP contribution in [0.5, 0.6) is 17.2 Å². The number of nitrogens with one attached hydrogen (secondary N) is 2. The highest BCUT2D eigenvalue weighted by Crippen LogP contribution is 2.28. The van der Waals surface area contributed by atoms with Gasteiger partial charge in [0, 0.05) is 16.8 Å². The van der Waals surface area contributed by atoms with Crippen molar-refractivity contribution in [2.45, 2.75) is 6.61 Å². The van der Waals surface area contributed by atoms with E-state index in [1.807, 2.05) is 54.6 Å². The number of methoxy groups -OCH3 is 2. The maximum Gasteiger partial charge on any atom is 0.272 e. The molecule has 0 aliphatic rings. The number of hydrogen-bond acceptors (Lipinski definition) is 6. The van der Waals surface area contributed by atoms with Crippen LogP contribution in [0, 0.1) is 0 Å². The zero-order valence-corrected chi connectivity index (χ0v) is 26.5. The molecule has 240 valence electrons. The number of allylic oxidation sites excluding steroid dienone is 1. The van der Waals surface area contributed by atoms with Crippen LogP contribution in [-0.4, -0.2) is 31.8 Å². The van der Waals surface area contributed by atoms with Crippen molar-refractivity contribution in [3.8, 4) is 17.2 Å². The first-order valence-corrected chi connectivity index (χ1v) is 15.1. The van der Waals surface area contributed by atoms with Crippen LogP contribution in [0.1, 0.15) is 37.4 Å². The van der Waals surface area contributed by atoms with Gasteiger partial charge in [0.25, 0.3) is 11.8 Å². The summed E-state index contributed by atoms with van der Waals surface area (Å²) in [7, 11) is 3.05. The number of rotatable bonds is 13. The van der Waals surface area contributed by atoms with E-state index in [1.165, 1.54) is 20.3 Å². The van der Waals surface area contributed by atoms with Crippen LogP contribution in [-0.2, 0) is 11.4 Å². The van der Waals surface area contributed by atoms with Gasteiger partial charge in [-0.05, 0) is 89.5 Å². The number of anilines is 1. The van der Waals surface area contributed by atoms with E-state index in [1.54, 1.807) is 84.9 Å². The molecule has 0 fully saturated rings. The van der Waals surface area contributed by atoms with E-state index < -0.39 is 11.8 Å². The Kier molecular flexibility index (Phi) is 11.2. The lowest BCUT2D eigenvalue weighted by Gasteiger charge is -2.13. The number of ketones is 1. The molecule has 8 nitrogen and oxygen atoms in total. The summed E-state index contributed by atoms with van der Waals surface area (Å²) in [6.07, 6.45) is 4.78. The van der Waals surface area contributed by atoms with Crippen molar-refractivity contribution in [3.05, 3.63) is 167 Å². The highest BCUT2D eigenvalue weighted by atomic mass is 16.5. The molecule has 0 radical (unpaired) electrons. The van der Waals surface area contributed by atoms with Gasteiger partial charge in [0.05, 0.1) is 14.2 Å². The number of hydrogen-bond donors (Lipinski definition) is 2. The average molecular weight is 639 g/mol. The normalized spacial score (nSPS) is 11.1. The lowest BCUT2D eigenvalue weighted by molar-refractivity contribution is -0.113. The standard InChI is InChI=1S/C40H34N2O6/c1-46-37-24-16-30(26-38(37)47-2)25-35(42-39(44)32-11-7-4-8-12-32)40(45)41-33-19-17-31(18-20-33)36(43)23-15-28-13-21-34(22-14-28)48-27-29-9-5-3-6-10-29/h3-26H,27H2,1-2H3,(H,41,45)(H,42,44)/b23-15+,35-25-. The van der Waals surface area contributed by atoms with E-state index >= 15 is 0 Å². The van der Waals surface area contributed by atoms with Crippen molar-refractivity contribution in [2.75, 3.05) is 19.5 Å². The minimum absolute atomic E-state index is 0.00986. The van der Waals surface area contributed by atoms with Crippen LogP contribution in [0.3, 0.4) is 0 Å². The molecular formula is C40H34N2O6. The van der Waals surface area contributed by atoms with E-state index in [0.717, 1.165) is 16.9 Å². The van der Waals surface area contributed by atoms with Gasteiger partial charge in [-0.3, -0.25) is 14.4 Å². The molecule has 0 saturated heterocycles. The van der Waals surface area contributed by atoms with Crippen LogP contribution >= 0.6 is 0 Å². The molecule has 5 aromatic rings. The van der Waals surface area contributed by atoms with Crippen molar-refractivity contribution in [2.24, 2.45) is 0 Å². The molecule has 0 aromatic heterocycles. The minimum Gasteiger partial charge on any atom is -0.493 e. The van der Waals surface area contributed by atoms with E-state index in [2.05, 4.69) is 10.6 Å². The number of benzene rings is 5. The van der Waals surface area contributed by atoms with Gasteiger partial charge in [0.15, 0.2) is 17.3 Å². The van der Waals surface area contributed by atoms with Crippen LogP contribution in [0.4, 0.5) is 5.69 Å². The predicted molar refractivity (Wildman–Crippen MR) is 187 cm³/mol. The summed E-state index contributed by atoms with van der Waals surface area (Å²) in [5, 5.41) is 5.52. The molecule has 0 atom stereocenters. The van der Waals surface area contributed by atoms with Crippen molar-refractivity contribution in [1.82, 2.24) is 5.32 Å². The number of amides is 2. The van der Waals surface area contributed by atoms with Gasteiger partial charge in [-0.15, -0.1) is 0 Å². The zero-order chi connectivity index (χ0) is 33.7. The van der Waals surface area contributed by atoms with Gasteiger partial charge in [0.1, 0.15) is 18.1 Å². The van der Waals surface area contributed by atoms with E-state index in [9.17, 15) is 14.4 Å². The molecule has 5 rings (SSSR count). The monoisotopic (exact) mass is 638 g/mol. The van der Waals surface area contributed by atoms with Gasteiger partial charge < -0.3 is 24.8 Å². The fourth-order valence-corrected chi connectivity index (χ4v) is 4.65. The summed E-state index contributed by atoms with van der Waals surface area (Å²) in [5.74, 6) is 0.548. The minimum atomic E-state index is -0.552. The summed E-state index contributed by atoms with van der Waals surface area (Å²) in [4.78, 5) is 39.3. The van der Waals surface area contributed by atoms with Gasteiger partial charge in [-0.25, -0.2) is 0 Å². The van der Waals surface area contributed by atoms with E-state index in [-0.39, 0.29) is 11.5 Å². The maximum atomic E-state index is 13.4. The molecule has 8 heteroatoms. The Balaban J connectivity index is 1.24. The third-order valence-corrected chi connectivity index (χ3v) is 7.23. The van der Waals surface area contributed by atoms with Crippen LogP contribution in [0.15, 0.2) is 139 Å². The summed E-state index contributed by atoms with van der Waals surface area (Å²) in [5.41, 5.74) is 3.84. The van der Waals surface area contributed by atoms with Crippen LogP contribution in [0.2, 0.25) is 0 Å². The quantitative estimate of drug-likeness (QED) is 0.102. The first kappa shape index (κ1) is 33.0. The Morgan fingerprint density at radius 1 is 0.667 bits per heavy atom. The third kappa shape index (κ3) is 9.08. The Hall–Kier alpha value is -6.41. The molecular weight excluding hydrogens is 604 g/mol. The molecule has 5 aromatic carbocycles. The molecule has 0 spiro atoms. The summed E-state index contributed by atoms with van der Waals surface area (Å²) in [6, 6.07) is 37.7. The Labute approximate surface area is 279 Å². The Bertz CT molecular complexity index is 1920. The summed E-state index contributed by atoms with van der Waals surface area (Å²) in [6.45, 7) is 0.475. The largest absolute Gasteiger partial charge is 0.493 e. The smallest absolute Gasteiger partial charge is 0.272 e. The maximum absolute atomic E-state index is 13.4. The molecule has 0 bridgehead atoms. The average Bonchev–Trinajstić information content (AvgIpc) is 3.14. The fourth-order valence-electron chi connectivity index (χ4n) is 4.65. The van der Waals surface area contributed by atoms with Crippen molar-refractivity contribution < 1.29 is 28.6 Å². The van der Waals surface area contributed by atoms with E-state index in [4.69, 9.17) is 14.2 Å². The second kappa shape index (κ2) is 16.2. The van der Waals surface area contributed by atoms with Gasteiger partial charge in [-0.2, -0.15) is 0 Å². The Morgan fingerprint density at radius 2 is 1.31 bits per heavy atom. The Morgan fingerprint density at radius 3 is 1.98 bits per heavy atom. The topological polar surface area (TPSA) is 103 Å². The van der Waals surface area contributed by atoms with Crippen molar-refractivity contribution in [3.63, 3.8) is 0 Å². The summed E-state index contributed by atoms with van der Waals surface area (Å²) >= 11 is 0. The van der Waals surface area contributed by atoms with Crippen LogP contribution < -0.4 is 24.8 Å². The first-order chi connectivity index (χ1) is 23.4. The molecule has 2 amide bonds. The molecule has 2 N–H and O–H groups in total. The molecule has 0 unspecified atom stereocenters. The molecule has 48 heavy (non-hydrogen) atoms. The van der Waals surface area contributed by atoms with Crippen molar-refractivity contribution >= 4 is 35.4 Å². The lowest BCUT2D eigenvalue weighted by Crippen LogP contribution is -2.30. The molecule has 0 heterocycles. The highest BCUT2D eigenvalue weighted by Gasteiger charge is 2.16. The molecule has 0 aliphatic carbocycles. The second-order valence-corrected chi connectivity index (χ2v) is 10.6. The van der Waals surface area contributed by atoms with Gasteiger partial charge in [-0.1, -0.05) is 72.8 Å². The SMILES string of the molecule is COc1ccc(/C=C(\NC(=O)c2ccccc2)C(=O)Nc2ccc(C(=O)/C=C/c3ccc(OCc4ccccc4)cc3)cc2)cc1OC. The lowest BCUT2D eigenvalue weighted by atomic mass is 10.1. The van der Waals surface area contributed by atoms with Gasteiger partial charge >= 0.3 is 0 Å². The van der Waals surface area contributed by atoms with Crippen LogP contribution in [0.25, 0.3) is 12.2 Å². The molecule has 0 aliphatic heterocycles. The number of ether oxygens (including phenoxy) is 3. The number of carbonyl (C=O) groups is 3. The third-order valence-electron chi connectivity index (χ3n) is 7.23. The highest BCUT2D eigenvalue weighted by molar-refractivity contribution is 6.11.